The fraction of sp³-hybridized carbons (Fsp3) is 0.632. The highest BCUT2D eigenvalue weighted by molar-refractivity contribution is 6.33. The summed E-state index contributed by atoms with van der Waals surface area (Å²) in [5.41, 5.74) is 1.65. The molecule has 4 amide bonds. The molecule has 0 spiro atoms. The highest BCUT2D eigenvalue weighted by Crippen LogP contribution is 2.38. The first-order valence-corrected chi connectivity index (χ1v) is 17.8. The van der Waals surface area contributed by atoms with Crippen LogP contribution in [0.3, 0.4) is 0 Å². The maximum absolute atomic E-state index is 13.5. The molecule has 0 radical (unpaired) electrons. The fourth-order valence-electron chi connectivity index (χ4n) is 6.90. The van der Waals surface area contributed by atoms with Gasteiger partial charge < -0.3 is 0 Å². The van der Waals surface area contributed by atoms with E-state index in [4.69, 9.17) is 0 Å². The molecule has 2 aliphatic rings. The zero-order chi connectivity index (χ0) is 31.3. The molecule has 0 aromatic heterocycles. The predicted molar refractivity (Wildman–Crippen MR) is 178 cm³/mol. The number of imide groups is 2. The van der Waals surface area contributed by atoms with Crippen molar-refractivity contribution in [2.24, 2.45) is 0 Å². The molecular weight excluding hydrogens is 548 g/mol. The Morgan fingerprint density at radius 2 is 0.591 bits per heavy atom. The number of hydrogen-bond acceptors (Lipinski definition) is 4. The molecule has 240 valence electrons. The van der Waals surface area contributed by atoms with Crippen molar-refractivity contribution in [2.75, 3.05) is 13.1 Å². The summed E-state index contributed by atoms with van der Waals surface area (Å²) >= 11 is 0. The highest BCUT2D eigenvalue weighted by atomic mass is 16.2. The monoisotopic (exact) mass is 602 g/mol. The van der Waals surface area contributed by atoms with Crippen LogP contribution in [0.1, 0.15) is 184 Å². The number of carbonyl (C=O) groups excluding carboxylic acids is 4. The predicted octanol–water partition coefficient (Wildman–Crippen LogP) is 9.87. The largest absolute Gasteiger partial charge is 0.274 e. The molecule has 0 atom stereocenters. The first-order valence-electron chi connectivity index (χ1n) is 17.8. The van der Waals surface area contributed by atoms with Crippen molar-refractivity contribution >= 4 is 34.4 Å². The van der Waals surface area contributed by atoms with Crippen LogP contribution in [-0.4, -0.2) is 46.5 Å². The van der Waals surface area contributed by atoms with Gasteiger partial charge in [-0.15, -0.1) is 0 Å². The minimum Gasteiger partial charge on any atom is -0.274 e. The maximum atomic E-state index is 13.5. The Morgan fingerprint density at radius 1 is 0.364 bits per heavy atom. The molecule has 44 heavy (non-hydrogen) atoms. The molecule has 2 aliphatic heterocycles. The molecule has 0 saturated carbocycles. The normalized spacial score (nSPS) is 14.4. The van der Waals surface area contributed by atoms with Gasteiger partial charge in [0, 0.05) is 46.1 Å². The molecule has 2 aromatic rings. The van der Waals surface area contributed by atoms with E-state index in [0.29, 0.717) is 46.1 Å². The van der Waals surface area contributed by atoms with Crippen LogP contribution in [0.5, 0.6) is 0 Å². The van der Waals surface area contributed by atoms with Gasteiger partial charge in [0.2, 0.25) is 0 Å². The molecule has 0 saturated heterocycles. The molecule has 0 aliphatic carbocycles. The lowest BCUT2D eigenvalue weighted by Crippen LogP contribution is -2.43. The summed E-state index contributed by atoms with van der Waals surface area (Å²) in [5.74, 6) is -1.30. The molecular formula is C38H54N2O4. The number of nitrogens with zero attached hydrogens (tertiary/aromatic N) is 2. The third kappa shape index (κ3) is 8.17. The second kappa shape index (κ2) is 17.5. The standard InChI is InChI=1S/C38H54N2O4/c1-3-5-7-9-11-13-15-17-19-21-27-39-35(41)29-23-25-31-34-32(26-24-30(33(29)34)36(39)42)38(44)40(37(31)43)28-22-20-18-16-14-12-10-8-6-4-2/h23-26H,3-22,27-28H2,1-2H3. The van der Waals surface area contributed by atoms with Gasteiger partial charge in [0.1, 0.15) is 0 Å². The van der Waals surface area contributed by atoms with E-state index < -0.39 is 0 Å². The number of benzene rings is 2. The summed E-state index contributed by atoms with van der Waals surface area (Å²) in [4.78, 5) is 56.7. The van der Waals surface area contributed by atoms with Crippen molar-refractivity contribution in [1.29, 1.82) is 0 Å². The third-order valence-corrected chi connectivity index (χ3v) is 9.53. The Bertz CT molecular complexity index is 1130. The molecule has 0 bridgehead atoms. The summed E-state index contributed by atoms with van der Waals surface area (Å²) in [7, 11) is 0. The molecule has 2 heterocycles. The van der Waals surface area contributed by atoms with Gasteiger partial charge in [-0.2, -0.15) is 0 Å². The second-order valence-electron chi connectivity index (χ2n) is 13.0. The average molecular weight is 603 g/mol. The van der Waals surface area contributed by atoms with E-state index in [1.54, 1.807) is 24.3 Å². The first-order chi connectivity index (χ1) is 21.5. The number of rotatable bonds is 22. The van der Waals surface area contributed by atoms with Gasteiger partial charge >= 0.3 is 0 Å². The third-order valence-electron chi connectivity index (χ3n) is 9.53. The Labute approximate surface area is 264 Å². The zero-order valence-corrected chi connectivity index (χ0v) is 27.4. The van der Waals surface area contributed by atoms with Gasteiger partial charge in [0.05, 0.1) is 0 Å². The van der Waals surface area contributed by atoms with Crippen molar-refractivity contribution in [3.05, 3.63) is 46.5 Å². The van der Waals surface area contributed by atoms with Crippen LogP contribution >= 0.6 is 0 Å². The van der Waals surface area contributed by atoms with Crippen LogP contribution in [0.2, 0.25) is 0 Å². The van der Waals surface area contributed by atoms with E-state index in [-0.39, 0.29) is 23.6 Å². The molecule has 6 heteroatoms. The Balaban J connectivity index is 1.31. The number of carbonyl (C=O) groups is 4. The highest BCUT2D eigenvalue weighted by Gasteiger charge is 2.39. The first kappa shape index (κ1) is 33.9. The van der Waals surface area contributed by atoms with Gasteiger partial charge in [0.15, 0.2) is 0 Å². The van der Waals surface area contributed by atoms with E-state index in [1.807, 2.05) is 0 Å². The van der Waals surface area contributed by atoms with E-state index in [0.717, 1.165) is 38.5 Å². The molecule has 4 rings (SSSR count). The molecule has 0 unspecified atom stereocenters. The Hall–Kier alpha value is -3.02. The van der Waals surface area contributed by atoms with Crippen molar-refractivity contribution in [1.82, 2.24) is 9.80 Å². The van der Waals surface area contributed by atoms with Crippen molar-refractivity contribution in [2.45, 2.75) is 142 Å². The second-order valence-corrected chi connectivity index (χ2v) is 13.0. The van der Waals surface area contributed by atoms with Crippen LogP contribution in [0.4, 0.5) is 0 Å². The van der Waals surface area contributed by atoms with Crippen LogP contribution < -0.4 is 0 Å². The van der Waals surface area contributed by atoms with Gasteiger partial charge in [-0.3, -0.25) is 29.0 Å². The SMILES string of the molecule is CCCCCCCCCCCCN1C(=O)c2ccc3c4c(ccc(c24)C1=O)C(=O)N(CCCCCCCCCCCC)C3=O. The smallest absolute Gasteiger partial charge is 0.261 e. The van der Waals surface area contributed by atoms with E-state index in [2.05, 4.69) is 13.8 Å². The Kier molecular flexibility index (Phi) is 13.4. The quantitative estimate of drug-likeness (QED) is 0.0993. The van der Waals surface area contributed by atoms with Crippen LogP contribution in [0.25, 0.3) is 10.8 Å². The lowest BCUT2D eigenvalue weighted by molar-refractivity contribution is 0.0586. The number of unbranched alkanes of at least 4 members (excludes halogenated alkanes) is 18. The lowest BCUT2D eigenvalue weighted by atomic mass is 9.86. The molecule has 6 nitrogen and oxygen atoms in total. The van der Waals surface area contributed by atoms with Crippen molar-refractivity contribution in [3.63, 3.8) is 0 Å². The summed E-state index contributed by atoms with van der Waals surface area (Å²) in [6.07, 6.45) is 23.7. The minimum atomic E-state index is -0.324. The van der Waals surface area contributed by atoms with Crippen molar-refractivity contribution < 1.29 is 19.2 Å². The van der Waals surface area contributed by atoms with Crippen molar-refractivity contribution in [3.8, 4) is 0 Å². The maximum Gasteiger partial charge on any atom is 0.261 e. The van der Waals surface area contributed by atoms with E-state index in [1.165, 1.54) is 99.7 Å². The lowest BCUT2D eigenvalue weighted by Gasteiger charge is -2.32. The molecule has 0 N–H and O–H groups in total. The molecule has 0 fully saturated rings. The van der Waals surface area contributed by atoms with Gasteiger partial charge in [-0.25, -0.2) is 0 Å². The molecule has 2 aromatic carbocycles. The summed E-state index contributed by atoms with van der Waals surface area (Å²) < 4.78 is 0. The van der Waals surface area contributed by atoms with Crippen LogP contribution in [0, 0.1) is 0 Å². The average Bonchev–Trinajstić information content (AvgIpc) is 3.03. The van der Waals surface area contributed by atoms with Gasteiger partial charge in [-0.05, 0) is 37.1 Å². The fourth-order valence-corrected chi connectivity index (χ4v) is 6.90. The zero-order valence-electron chi connectivity index (χ0n) is 27.4. The minimum absolute atomic E-state index is 0.324. The van der Waals surface area contributed by atoms with E-state index in [9.17, 15) is 19.2 Å². The summed E-state index contributed by atoms with van der Waals surface area (Å²) in [5, 5.41) is 0.934. The van der Waals surface area contributed by atoms with Gasteiger partial charge in [0.25, 0.3) is 23.6 Å². The van der Waals surface area contributed by atoms with Crippen LogP contribution in [0.15, 0.2) is 24.3 Å². The Morgan fingerprint density at radius 3 is 0.841 bits per heavy atom. The summed E-state index contributed by atoms with van der Waals surface area (Å²) in [6.45, 7) is 5.25. The topological polar surface area (TPSA) is 74.8 Å². The number of amides is 4. The van der Waals surface area contributed by atoms with Crippen LogP contribution in [-0.2, 0) is 0 Å². The number of hydrogen-bond donors (Lipinski definition) is 0. The van der Waals surface area contributed by atoms with Gasteiger partial charge in [-0.1, -0.05) is 129 Å². The summed E-state index contributed by atoms with van der Waals surface area (Å²) in [6, 6.07) is 6.71. The van der Waals surface area contributed by atoms with E-state index >= 15 is 0 Å².